The van der Waals surface area contributed by atoms with E-state index >= 15 is 0 Å². The first-order valence-corrected chi connectivity index (χ1v) is 5.24. The average Bonchev–Trinajstić information content (AvgIpc) is 2.26. The van der Waals surface area contributed by atoms with E-state index in [1.54, 1.807) is 6.07 Å². The average molecular weight is 244 g/mol. The second-order valence-electron chi connectivity index (χ2n) is 2.94. The predicted molar refractivity (Wildman–Crippen MR) is 62.3 cm³/mol. The highest BCUT2D eigenvalue weighted by Gasteiger charge is 2.10. The third kappa shape index (κ3) is 3.36. The Bertz CT molecular complexity index is 371. The molecule has 0 saturated heterocycles. The van der Waals surface area contributed by atoms with Crippen LogP contribution in [0.25, 0.3) is 0 Å². The highest BCUT2D eigenvalue weighted by Crippen LogP contribution is 2.24. The third-order valence-electron chi connectivity index (χ3n) is 1.82. The van der Waals surface area contributed by atoms with Gasteiger partial charge < -0.3 is 15.2 Å². The summed E-state index contributed by atoms with van der Waals surface area (Å²) < 4.78 is 10.4. The molecule has 1 rings (SSSR count). The van der Waals surface area contributed by atoms with Crippen LogP contribution in [0.5, 0.6) is 5.88 Å². The molecule has 0 aliphatic heterocycles. The van der Waals surface area contributed by atoms with Gasteiger partial charge >= 0.3 is 0 Å². The summed E-state index contributed by atoms with van der Waals surface area (Å²) in [6.07, 6.45) is 1.50. The first kappa shape index (κ1) is 12.7. The number of ether oxygens (including phenoxy) is 2. The van der Waals surface area contributed by atoms with Gasteiger partial charge in [0.25, 0.3) is 0 Å². The van der Waals surface area contributed by atoms with Gasteiger partial charge in [0.1, 0.15) is 17.5 Å². The van der Waals surface area contributed by atoms with Crippen LogP contribution >= 0.6 is 11.6 Å². The molecule has 1 heterocycles. The molecular formula is C10H14ClN3O2. The van der Waals surface area contributed by atoms with Crippen molar-refractivity contribution < 1.29 is 9.47 Å². The van der Waals surface area contributed by atoms with Crippen molar-refractivity contribution in [3.63, 3.8) is 0 Å². The maximum atomic E-state index is 7.30. The molecular weight excluding hydrogens is 230 g/mol. The number of nitrogen functional groups attached to an aromatic ring is 1. The molecule has 0 spiro atoms. The van der Waals surface area contributed by atoms with Crippen molar-refractivity contribution in [2.24, 2.45) is 5.73 Å². The largest absolute Gasteiger partial charge is 0.474 e. The fourth-order valence-electron chi connectivity index (χ4n) is 1.07. The van der Waals surface area contributed by atoms with Crippen LogP contribution in [-0.2, 0) is 4.74 Å². The molecule has 0 unspecified atom stereocenters. The van der Waals surface area contributed by atoms with E-state index in [4.69, 9.17) is 32.2 Å². The Morgan fingerprint density at radius 3 is 2.94 bits per heavy atom. The van der Waals surface area contributed by atoms with Crippen LogP contribution < -0.4 is 10.5 Å². The second-order valence-corrected chi connectivity index (χ2v) is 3.31. The molecule has 3 N–H and O–H groups in total. The molecule has 0 bridgehead atoms. The van der Waals surface area contributed by atoms with Gasteiger partial charge in [-0.25, -0.2) is 4.98 Å². The van der Waals surface area contributed by atoms with Gasteiger partial charge in [-0.1, -0.05) is 11.6 Å². The molecule has 0 aliphatic carbocycles. The quantitative estimate of drug-likeness (QED) is 0.450. The van der Waals surface area contributed by atoms with E-state index in [-0.39, 0.29) is 16.7 Å². The molecule has 1 aromatic rings. The van der Waals surface area contributed by atoms with Crippen LogP contribution in [0.3, 0.4) is 0 Å². The molecule has 0 fully saturated rings. The topological polar surface area (TPSA) is 81.2 Å². The fourth-order valence-corrected chi connectivity index (χ4v) is 1.34. The molecule has 0 saturated carbocycles. The zero-order valence-corrected chi connectivity index (χ0v) is 9.75. The van der Waals surface area contributed by atoms with Crippen molar-refractivity contribution in [1.82, 2.24) is 4.98 Å². The van der Waals surface area contributed by atoms with Crippen molar-refractivity contribution in [3.05, 3.63) is 22.8 Å². The Morgan fingerprint density at radius 1 is 1.56 bits per heavy atom. The van der Waals surface area contributed by atoms with E-state index in [9.17, 15) is 0 Å². The van der Waals surface area contributed by atoms with Gasteiger partial charge in [-0.3, -0.25) is 5.41 Å². The summed E-state index contributed by atoms with van der Waals surface area (Å²) in [4.78, 5) is 3.96. The predicted octanol–water partition coefficient (Wildman–Crippen LogP) is 1.43. The van der Waals surface area contributed by atoms with Crippen LogP contribution in [0.15, 0.2) is 12.3 Å². The van der Waals surface area contributed by atoms with Crippen LogP contribution in [0.4, 0.5) is 0 Å². The van der Waals surface area contributed by atoms with Gasteiger partial charge in [-0.05, 0) is 13.0 Å². The lowest BCUT2D eigenvalue weighted by atomic mass is 10.2. The van der Waals surface area contributed by atoms with Gasteiger partial charge in [0.2, 0.25) is 5.88 Å². The van der Waals surface area contributed by atoms with E-state index in [1.807, 2.05) is 6.92 Å². The minimum Gasteiger partial charge on any atom is -0.474 e. The highest BCUT2D eigenvalue weighted by atomic mass is 35.5. The van der Waals surface area contributed by atoms with Crippen LogP contribution in [-0.4, -0.2) is 30.6 Å². The zero-order valence-electron chi connectivity index (χ0n) is 9.00. The van der Waals surface area contributed by atoms with Crippen molar-refractivity contribution >= 4 is 17.4 Å². The molecule has 0 atom stereocenters. The van der Waals surface area contributed by atoms with Gasteiger partial charge in [-0.15, -0.1) is 0 Å². The molecule has 1 aromatic heterocycles. The molecule has 88 valence electrons. The number of nitrogens with zero attached hydrogens (tertiary/aromatic N) is 1. The van der Waals surface area contributed by atoms with E-state index < -0.39 is 0 Å². The molecule has 0 aromatic carbocycles. The molecule has 16 heavy (non-hydrogen) atoms. The van der Waals surface area contributed by atoms with Gasteiger partial charge in [-0.2, -0.15) is 0 Å². The third-order valence-corrected chi connectivity index (χ3v) is 2.18. The number of pyridine rings is 1. The minimum absolute atomic E-state index is 0.109. The van der Waals surface area contributed by atoms with Gasteiger partial charge in [0, 0.05) is 18.4 Å². The van der Waals surface area contributed by atoms with E-state index in [0.717, 1.165) is 0 Å². The summed E-state index contributed by atoms with van der Waals surface area (Å²) in [6.45, 7) is 3.38. The van der Waals surface area contributed by atoms with Crippen LogP contribution in [0.1, 0.15) is 12.5 Å². The summed E-state index contributed by atoms with van der Waals surface area (Å²) in [6, 6.07) is 1.57. The zero-order chi connectivity index (χ0) is 12.0. The fraction of sp³-hybridized carbons (Fsp3) is 0.400. The molecule has 5 nitrogen and oxygen atoms in total. The first-order chi connectivity index (χ1) is 7.66. The number of amidine groups is 1. The molecule has 0 amide bonds. The van der Waals surface area contributed by atoms with E-state index in [1.165, 1.54) is 6.20 Å². The van der Waals surface area contributed by atoms with E-state index in [2.05, 4.69) is 4.98 Å². The molecule has 0 radical (unpaired) electrons. The SMILES string of the molecule is CCOCCOc1nccc(C(=N)N)c1Cl. The summed E-state index contributed by atoms with van der Waals surface area (Å²) in [5.74, 6) is 0.163. The summed E-state index contributed by atoms with van der Waals surface area (Å²) in [7, 11) is 0. The second kappa shape index (κ2) is 6.30. The van der Waals surface area contributed by atoms with Crippen LogP contribution in [0, 0.1) is 5.41 Å². The highest BCUT2D eigenvalue weighted by molar-refractivity contribution is 6.35. The number of aromatic nitrogens is 1. The minimum atomic E-state index is -0.109. The summed E-state index contributed by atoms with van der Waals surface area (Å²) >= 11 is 5.97. The Morgan fingerprint density at radius 2 is 2.31 bits per heavy atom. The van der Waals surface area contributed by atoms with Gasteiger partial charge in [0.05, 0.1) is 6.61 Å². The Balaban J connectivity index is 2.66. The van der Waals surface area contributed by atoms with Crippen molar-refractivity contribution in [2.75, 3.05) is 19.8 Å². The maximum absolute atomic E-state index is 7.30. The maximum Gasteiger partial charge on any atom is 0.233 e. The lowest BCUT2D eigenvalue weighted by molar-refractivity contribution is 0.108. The van der Waals surface area contributed by atoms with Crippen molar-refractivity contribution in [3.8, 4) is 5.88 Å². The Labute approximate surface area is 99.0 Å². The smallest absolute Gasteiger partial charge is 0.233 e. The van der Waals surface area contributed by atoms with Crippen LogP contribution in [0.2, 0.25) is 5.02 Å². The lowest BCUT2D eigenvalue weighted by Crippen LogP contribution is -2.13. The number of halogens is 1. The number of nitrogens with one attached hydrogen (secondary N) is 1. The number of rotatable bonds is 6. The molecule has 0 aliphatic rings. The lowest BCUT2D eigenvalue weighted by Gasteiger charge is -2.09. The Hall–Kier alpha value is -1.33. The number of hydrogen-bond acceptors (Lipinski definition) is 4. The number of nitrogens with two attached hydrogens (primary N) is 1. The summed E-state index contributed by atoms with van der Waals surface area (Å²) in [5.41, 5.74) is 5.77. The van der Waals surface area contributed by atoms with Gasteiger partial charge in [0.15, 0.2) is 0 Å². The van der Waals surface area contributed by atoms with Crippen molar-refractivity contribution in [1.29, 1.82) is 5.41 Å². The standard InChI is InChI=1S/C10H14ClN3O2/c1-2-15-5-6-16-10-8(11)7(9(12)13)3-4-14-10/h3-4H,2,5-6H2,1H3,(H3,12,13). The molecule has 6 heteroatoms. The number of hydrogen-bond donors (Lipinski definition) is 2. The monoisotopic (exact) mass is 243 g/mol. The van der Waals surface area contributed by atoms with Crippen molar-refractivity contribution in [2.45, 2.75) is 6.92 Å². The first-order valence-electron chi connectivity index (χ1n) is 4.86. The summed E-state index contributed by atoms with van der Waals surface area (Å²) in [5, 5.41) is 7.56. The Kier molecular flexibility index (Phi) is 5.01. The normalized spacial score (nSPS) is 10.1. The van der Waals surface area contributed by atoms with E-state index in [0.29, 0.717) is 25.4 Å².